The summed E-state index contributed by atoms with van der Waals surface area (Å²) in [5.41, 5.74) is 0.692. The standard InChI is InChI=1S/C12H25N/c1-5-8-12(6-2)9-7-11(12)10(3)13-4/h10-11,13H,5-9H2,1-4H3. The highest BCUT2D eigenvalue weighted by atomic mass is 14.9. The zero-order valence-electron chi connectivity index (χ0n) is 9.69. The van der Waals surface area contributed by atoms with Crippen molar-refractivity contribution in [1.29, 1.82) is 0 Å². The lowest BCUT2D eigenvalue weighted by Crippen LogP contribution is -2.49. The van der Waals surface area contributed by atoms with Gasteiger partial charge in [0.25, 0.3) is 0 Å². The molecule has 1 N–H and O–H groups in total. The smallest absolute Gasteiger partial charge is 0.00693 e. The Kier molecular flexibility index (Phi) is 3.78. The minimum atomic E-state index is 0.692. The average Bonchev–Trinajstić information content (AvgIpc) is 2.12. The van der Waals surface area contributed by atoms with E-state index in [9.17, 15) is 0 Å². The van der Waals surface area contributed by atoms with Gasteiger partial charge in [0.2, 0.25) is 0 Å². The molecule has 0 bridgehead atoms. The topological polar surface area (TPSA) is 12.0 Å². The predicted molar refractivity (Wildman–Crippen MR) is 58.9 cm³/mol. The second kappa shape index (κ2) is 4.45. The third-order valence-corrected chi connectivity index (χ3v) is 4.25. The fraction of sp³-hybridized carbons (Fsp3) is 1.00. The summed E-state index contributed by atoms with van der Waals surface area (Å²) < 4.78 is 0. The van der Waals surface area contributed by atoms with Crippen LogP contribution in [0.4, 0.5) is 0 Å². The second-order valence-corrected chi connectivity index (χ2v) is 4.69. The minimum Gasteiger partial charge on any atom is -0.317 e. The summed E-state index contributed by atoms with van der Waals surface area (Å²) in [6, 6.07) is 0.709. The Balaban J connectivity index is 2.56. The SMILES string of the molecule is CCCC1(CC)CCC1C(C)NC. The molecular formula is C12H25N. The molecule has 0 radical (unpaired) electrons. The van der Waals surface area contributed by atoms with Crippen molar-refractivity contribution in [2.24, 2.45) is 11.3 Å². The van der Waals surface area contributed by atoms with Crippen LogP contribution in [-0.2, 0) is 0 Å². The molecule has 0 aromatic carbocycles. The minimum absolute atomic E-state index is 0.692. The number of hydrogen-bond acceptors (Lipinski definition) is 1. The Morgan fingerprint density at radius 3 is 2.46 bits per heavy atom. The maximum Gasteiger partial charge on any atom is 0.00693 e. The number of nitrogens with one attached hydrogen (secondary N) is 1. The van der Waals surface area contributed by atoms with Crippen molar-refractivity contribution in [2.75, 3.05) is 7.05 Å². The fourth-order valence-electron chi connectivity index (χ4n) is 3.12. The van der Waals surface area contributed by atoms with Crippen LogP contribution in [0.5, 0.6) is 0 Å². The van der Waals surface area contributed by atoms with Crippen LogP contribution in [0.3, 0.4) is 0 Å². The van der Waals surface area contributed by atoms with Crippen molar-refractivity contribution in [3.05, 3.63) is 0 Å². The summed E-state index contributed by atoms with van der Waals surface area (Å²) in [4.78, 5) is 0. The van der Waals surface area contributed by atoms with E-state index in [-0.39, 0.29) is 0 Å². The molecule has 1 heteroatoms. The molecule has 3 atom stereocenters. The molecule has 1 aliphatic rings. The normalized spacial score (nSPS) is 35.5. The molecule has 1 fully saturated rings. The van der Waals surface area contributed by atoms with E-state index in [4.69, 9.17) is 0 Å². The first kappa shape index (κ1) is 11.0. The van der Waals surface area contributed by atoms with Crippen molar-refractivity contribution >= 4 is 0 Å². The highest BCUT2D eigenvalue weighted by Crippen LogP contribution is 2.53. The summed E-state index contributed by atoms with van der Waals surface area (Å²) in [6.45, 7) is 7.02. The lowest BCUT2D eigenvalue weighted by atomic mass is 9.54. The van der Waals surface area contributed by atoms with E-state index in [0.29, 0.717) is 11.5 Å². The van der Waals surface area contributed by atoms with Gasteiger partial charge in [-0.05, 0) is 44.6 Å². The third kappa shape index (κ3) is 1.90. The largest absolute Gasteiger partial charge is 0.317 e. The van der Waals surface area contributed by atoms with Gasteiger partial charge in [-0.2, -0.15) is 0 Å². The van der Waals surface area contributed by atoms with Crippen LogP contribution in [0.25, 0.3) is 0 Å². The molecule has 78 valence electrons. The molecule has 0 spiro atoms. The lowest BCUT2D eigenvalue weighted by molar-refractivity contribution is -0.00607. The van der Waals surface area contributed by atoms with E-state index < -0.39 is 0 Å². The monoisotopic (exact) mass is 183 g/mol. The zero-order chi connectivity index (χ0) is 9.90. The molecule has 1 rings (SSSR count). The van der Waals surface area contributed by atoms with Gasteiger partial charge in [0, 0.05) is 6.04 Å². The highest BCUT2D eigenvalue weighted by molar-refractivity contribution is 4.98. The molecule has 0 saturated heterocycles. The van der Waals surface area contributed by atoms with Crippen molar-refractivity contribution in [2.45, 2.75) is 58.9 Å². The van der Waals surface area contributed by atoms with E-state index in [1.807, 2.05) is 0 Å². The highest BCUT2D eigenvalue weighted by Gasteiger charge is 2.46. The number of hydrogen-bond donors (Lipinski definition) is 1. The molecule has 0 amide bonds. The molecular weight excluding hydrogens is 158 g/mol. The van der Waals surface area contributed by atoms with Crippen LogP contribution in [-0.4, -0.2) is 13.1 Å². The van der Waals surface area contributed by atoms with Gasteiger partial charge in [0.1, 0.15) is 0 Å². The van der Waals surface area contributed by atoms with Crippen LogP contribution >= 0.6 is 0 Å². The molecule has 3 unspecified atom stereocenters. The molecule has 1 aliphatic carbocycles. The van der Waals surface area contributed by atoms with Crippen LogP contribution in [0.1, 0.15) is 52.9 Å². The first-order valence-electron chi connectivity index (χ1n) is 5.87. The predicted octanol–water partition coefficient (Wildman–Crippen LogP) is 3.20. The van der Waals surface area contributed by atoms with Crippen molar-refractivity contribution in [3.8, 4) is 0 Å². The lowest BCUT2D eigenvalue weighted by Gasteiger charge is -2.52. The summed E-state index contributed by atoms with van der Waals surface area (Å²) in [7, 11) is 2.09. The van der Waals surface area contributed by atoms with E-state index in [1.165, 1.54) is 32.1 Å². The molecule has 0 heterocycles. The average molecular weight is 183 g/mol. The fourth-order valence-corrected chi connectivity index (χ4v) is 3.12. The van der Waals surface area contributed by atoms with Crippen LogP contribution < -0.4 is 5.32 Å². The molecule has 1 nitrogen and oxygen atoms in total. The van der Waals surface area contributed by atoms with Crippen LogP contribution in [0.15, 0.2) is 0 Å². The van der Waals surface area contributed by atoms with Gasteiger partial charge in [-0.1, -0.05) is 26.7 Å². The molecule has 0 aromatic rings. The Hall–Kier alpha value is -0.0400. The van der Waals surface area contributed by atoms with E-state index in [2.05, 4.69) is 33.1 Å². The Morgan fingerprint density at radius 2 is 2.15 bits per heavy atom. The Bertz CT molecular complexity index is 151. The summed E-state index contributed by atoms with van der Waals surface area (Å²) >= 11 is 0. The van der Waals surface area contributed by atoms with Crippen LogP contribution in [0.2, 0.25) is 0 Å². The summed E-state index contributed by atoms with van der Waals surface area (Å²) in [5.74, 6) is 0.933. The van der Waals surface area contributed by atoms with Crippen molar-refractivity contribution in [1.82, 2.24) is 5.32 Å². The van der Waals surface area contributed by atoms with Crippen molar-refractivity contribution in [3.63, 3.8) is 0 Å². The van der Waals surface area contributed by atoms with Gasteiger partial charge < -0.3 is 5.32 Å². The second-order valence-electron chi connectivity index (χ2n) is 4.69. The van der Waals surface area contributed by atoms with Gasteiger partial charge >= 0.3 is 0 Å². The van der Waals surface area contributed by atoms with Gasteiger partial charge in [-0.15, -0.1) is 0 Å². The Labute approximate surface area is 83.3 Å². The quantitative estimate of drug-likeness (QED) is 0.690. The molecule has 0 aromatic heterocycles. The van der Waals surface area contributed by atoms with Gasteiger partial charge in [0.05, 0.1) is 0 Å². The van der Waals surface area contributed by atoms with Gasteiger partial charge in [-0.3, -0.25) is 0 Å². The molecule has 0 aliphatic heterocycles. The maximum absolute atomic E-state index is 3.41. The van der Waals surface area contributed by atoms with E-state index >= 15 is 0 Å². The Morgan fingerprint density at radius 1 is 1.46 bits per heavy atom. The van der Waals surface area contributed by atoms with E-state index in [1.54, 1.807) is 0 Å². The van der Waals surface area contributed by atoms with Crippen molar-refractivity contribution < 1.29 is 0 Å². The third-order valence-electron chi connectivity index (χ3n) is 4.25. The van der Waals surface area contributed by atoms with E-state index in [0.717, 1.165) is 5.92 Å². The summed E-state index contributed by atoms with van der Waals surface area (Å²) in [5, 5.41) is 3.41. The van der Waals surface area contributed by atoms with Gasteiger partial charge in [-0.25, -0.2) is 0 Å². The molecule has 1 saturated carbocycles. The van der Waals surface area contributed by atoms with Gasteiger partial charge in [0.15, 0.2) is 0 Å². The first-order valence-corrected chi connectivity index (χ1v) is 5.87. The summed E-state index contributed by atoms with van der Waals surface area (Å²) in [6.07, 6.45) is 7.06. The van der Waals surface area contributed by atoms with Crippen LogP contribution in [0, 0.1) is 11.3 Å². The zero-order valence-corrected chi connectivity index (χ0v) is 9.69. The maximum atomic E-state index is 3.41. The number of rotatable bonds is 5. The first-order chi connectivity index (χ1) is 6.20. The molecule has 13 heavy (non-hydrogen) atoms.